The lowest BCUT2D eigenvalue weighted by Gasteiger charge is -2.16. The number of nitrogens with one attached hydrogen (secondary N) is 1. The van der Waals surface area contributed by atoms with E-state index in [-0.39, 0.29) is 24.3 Å². The molecule has 3 rings (SSSR count). The van der Waals surface area contributed by atoms with Gasteiger partial charge < -0.3 is 19.2 Å². The standard InChI is InChI=1S/C22H23NO4/c1-3-18(16-9-5-4-6-10-16)23-22(24)21-14-13-17(27-21)15-26-20-12-8-7-11-19(20)25-2/h4-14,18H,3,15H2,1-2H3,(H,23,24). The zero-order valence-corrected chi connectivity index (χ0v) is 15.5. The van der Waals surface area contributed by atoms with Crippen LogP contribution in [0.4, 0.5) is 0 Å². The van der Waals surface area contributed by atoms with Gasteiger partial charge >= 0.3 is 0 Å². The van der Waals surface area contributed by atoms with Gasteiger partial charge in [-0.1, -0.05) is 49.4 Å². The molecular weight excluding hydrogens is 342 g/mol. The van der Waals surface area contributed by atoms with Crippen LogP contribution < -0.4 is 14.8 Å². The van der Waals surface area contributed by atoms with E-state index in [4.69, 9.17) is 13.9 Å². The molecule has 5 nitrogen and oxygen atoms in total. The summed E-state index contributed by atoms with van der Waals surface area (Å²) in [5.41, 5.74) is 1.07. The first-order valence-corrected chi connectivity index (χ1v) is 8.91. The van der Waals surface area contributed by atoms with Crippen LogP contribution in [-0.2, 0) is 6.61 Å². The number of ether oxygens (including phenoxy) is 2. The Morgan fingerprint density at radius 1 is 1.00 bits per heavy atom. The highest BCUT2D eigenvalue weighted by molar-refractivity contribution is 5.91. The van der Waals surface area contributed by atoms with Crippen molar-refractivity contribution in [3.05, 3.63) is 83.8 Å². The number of carbonyl (C=O) groups excluding carboxylic acids is 1. The minimum atomic E-state index is -0.241. The van der Waals surface area contributed by atoms with Gasteiger partial charge in [0, 0.05) is 0 Å². The van der Waals surface area contributed by atoms with Crippen LogP contribution >= 0.6 is 0 Å². The smallest absolute Gasteiger partial charge is 0.287 e. The third-order valence-corrected chi connectivity index (χ3v) is 4.24. The van der Waals surface area contributed by atoms with Gasteiger partial charge in [-0.25, -0.2) is 0 Å². The van der Waals surface area contributed by atoms with Gasteiger partial charge in [-0.05, 0) is 36.2 Å². The van der Waals surface area contributed by atoms with Gasteiger partial charge in [-0.3, -0.25) is 4.79 Å². The van der Waals surface area contributed by atoms with Gasteiger partial charge in [-0.2, -0.15) is 0 Å². The number of hydrogen-bond acceptors (Lipinski definition) is 4. The highest BCUT2D eigenvalue weighted by atomic mass is 16.5. The van der Waals surface area contributed by atoms with Crippen molar-refractivity contribution in [3.63, 3.8) is 0 Å². The molecule has 1 aromatic heterocycles. The fourth-order valence-corrected chi connectivity index (χ4v) is 2.80. The summed E-state index contributed by atoms with van der Waals surface area (Å²) in [7, 11) is 1.59. The molecular formula is C22H23NO4. The van der Waals surface area contributed by atoms with Gasteiger partial charge in [0.25, 0.3) is 5.91 Å². The summed E-state index contributed by atoms with van der Waals surface area (Å²) in [5, 5.41) is 3.01. The summed E-state index contributed by atoms with van der Waals surface area (Å²) in [6.45, 7) is 2.25. The van der Waals surface area contributed by atoms with Crippen LogP contribution in [0, 0.1) is 0 Å². The maximum atomic E-state index is 12.5. The van der Waals surface area contributed by atoms with E-state index in [1.54, 1.807) is 19.2 Å². The molecule has 0 spiro atoms. The number of para-hydroxylation sites is 2. The fraction of sp³-hybridized carbons (Fsp3) is 0.227. The summed E-state index contributed by atoms with van der Waals surface area (Å²) >= 11 is 0. The van der Waals surface area contributed by atoms with E-state index < -0.39 is 0 Å². The number of benzene rings is 2. The molecule has 0 fully saturated rings. The second-order valence-electron chi connectivity index (χ2n) is 6.05. The molecule has 0 saturated heterocycles. The Hall–Kier alpha value is -3.21. The van der Waals surface area contributed by atoms with E-state index in [9.17, 15) is 4.79 Å². The second-order valence-corrected chi connectivity index (χ2v) is 6.05. The van der Waals surface area contributed by atoms with Crippen LogP contribution in [0.15, 0.2) is 71.1 Å². The zero-order chi connectivity index (χ0) is 19.1. The SMILES string of the molecule is CCC(NC(=O)c1ccc(COc2ccccc2OC)o1)c1ccccc1. The zero-order valence-electron chi connectivity index (χ0n) is 15.5. The summed E-state index contributed by atoms with van der Waals surface area (Å²) < 4.78 is 16.6. The molecule has 1 N–H and O–H groups in total. The fourth-order valence-electron chi connectivity index (χ4n) is 2.80. The van der Waals surface area contributed by atoms with Crippen LogP contribution in [0.25, 0.3) is 0 Å². The van der Waals surface area contributed by atoms with Crippen molar-refractivity contribution in [3.8, 4) is 11.5 Å². The van der Waals surface area contributed by atoms with Gasteiger partial charge in [-0.15, -0.1) is 0 Å². The van der Waals surface area contributed by atoms with Crippen LogP contribution in [0.5, 0.6) is 11.5 Å². The molecule has 0 radical (unpaired) electrons. The molecule has 2 aromatic carbocycles. The monoisotopic (exact) mass is 365 g/mol. The Morgan fingerprint density at radius 3 is 2.41 bits per heavy atom. The number of methoxy groups -OCH3 is 1. The first kappa shape index (κ1) is 18.6. The molecule has 1 atom stereocenters. The molecule has 5 heteroatoms. The Labute approximate surface area is 158 Å². The first-order chi connectivity index (χ1) is 13.2. The molecule has 140 valence electrons. The molecule has 1 heterocycles. The average Bonchev–Trinajstić information content (AvgIpc) is 3.20. The largest absolute Gasteiger partial charge is 0.493 e. The number of amides is 1. The van der Waals surface area contributed by atoms with Crippen LogP contribution in [0.3, 0.4) is 0 Å². The summed E-state index contributed by atoms with van der Waals surface area (Å²) in [6, 6.07) is 20.6. The van der Waals surface area contributed by atoms with Crippen LogP contribution in [-0.4, -0.2) is 13.0 Å². The van der Waals surface area contributed by atoms with Gasteiger partial charge in [0.15, 0.2) is 17.3 Å². The maximum absolute atomic E-state index is 12.5. The van der Waals surface area contributed by atoms with Gasteiger partial charge in [0.05, 0.1) is 13.2 Å². The highest BCUT2D eigenvalue weighted by Gasteiger charge is 2.17. The van der Waals surface area contributed by atoms with E-state index in [1.807, 2.05) is 61.5 Å². The van der Waals surface area contributed by atoms with Crippen molar-refractivity contribution >= 4 is 5.91 Å². The normalized spacial score (nSPS) is 11.6. The lowest BCUT2D eigenvalue weighted by atomic mass is 10.0. The summed E-state index contributed by atoms with van der Waals surface area (Å²) in [4.78, 5) is 12.5. The lowest BCUT2D eigenvalue weighted by Crippen LogP contribution is -2.27. The third kappa shape index (κ3) is 4.70. The Morgan fingerprint density at radius 2 is 1.70 bits per heavy atom. The predicted molar refractivity (Wildman–Crippen MR) is 103 cm³/mol. The van der Waals surface area contributed by atoms with E-state index in [2.05, 4.69) is 5.32 Å². The summed E-state index contributed by atoms with van der Waals surface area (Å²) in [5.74, 6) is 1.87. The van der Waals surface area contributed by atoms with Crippen molar-refractivity contribution in [1.82, 2.24) is 5.32 Å². The van der Waals surface area contributed by atoms with Crippen molar-refractivity contribution in [2.75, 3.05) is 7.11 Å². The minimum absolute atomic E-state index is 0.0583. The van der Waals surface area contributed by atoms with Crippen molar-refractivity contribution in [2.45, 2.75) is 26.0 Å². The van der Waals surface area contributed by atoms with Crippen LogP contribution in [0.1, 0.15) is 41.3 Å². The number of carbonyl (C=O) groups is 1. The highest BCUT2D eigenvalue weighted by Crippen LogP contribution is 2.27. The Bertz CT molecular complexity index is 873. The molecule has 1 amide bonds. The quantitative estimate of drug-likeness (QED) is 0.626. The molecule has 0 saturated carbocycles. The molecule has 3 aromatic rings. The van der Waals surface area contributed by atoms with E-state index in [0.29, 0.717) is 17.3 Å². The Balaban J connectivity index is 1.62. The van der Waals surface area contributed by atoms with E-state index >= 15 is 0 Å². The molecule has 0 bridgehead atoms. The topological polar surface area (TPSA) is 60.7 Å². The number of furan rings is 1. The predicted octanol–water partition coefficient (Wildman–Crippen LogP) is 4.75. The average molecular weight is 365 g/mol. The van der Waals surface area contributed by atoms with Crippen molar-refractivity contribution in [2.24, 2.45) is 0 Å². The summed E-state index contributed by atoms with van der Waals surface area (Å²) in [6.07, 6.45) is 0.792. The lowest BCUT2D eigenvalue weighted by molar-refractivity contribution is 0.0903. The number of rotatable bonds is 8. The second kappa shape index (κ2) is 8.94. The van der Waals surface area contributed by atoms with Crippen LogP contribution in [0.2, 0.25) is 0 Å². The van der Waals surface area contributed by atoms with E-state index in [1.165, 1.54) is 0 Å². The van der Waals surface area contributed by atoms with E-state index in [0.717, 1.165) is 12.0 Å². The Kier molecular flexibility index (Phi) is 6.15. The number of hydrogen-bond donors (Lipinski definition) is 1. The van der Waals surface area contributed by atoms with Gasteiger partial charge in [0.1, 0.15) is 12.4 Å². The third-order valence-electron chi connectivity index (χ3n) is 4.24. The van der Waals surface area contributed by atoms with Gasteiger partial charge in [0.2, 0.25) is 0 Å². The molecule has 1 unspecified atom stereocenters. The molecule has 27 heavy (non-hydrogen) atoms. The first-order valence-electron chi connectivity index (χ1n) is 8.91. The maximum Gasteiger partial charge on any atom is 0.287 e. The molecule has 0 aliphatic heterocycles. The molecule has 0 aliphatic rings. The van der Waals surface area contributed by atoms with Crippen molar-refractivity contribution < 1.29 is 18.7 Å². The van der Waals surface area contributed by atoms with Crippen molar-refractivity contribution in [1.29, 1.82) is 0 Å². The molecule has 0 aliphatic carbocycles. The minimum Gasteiger partial charge on any atom is -0.493 e.